The van der Waals surface area contributed by atoms with Crippen LogP contribution in [0.5, 0.6) is 5.75 Å². The number of halogens is 4. The Kier molecular flexibility index (Phi) is 9.97. The van der Waals surface area contributed by atoms with Gasteiger partial charge in [-0.15, -0.1) is 24.0 Å². The predicted molar refractivity (Wildman–Crippen MR) is 108 cm³/mol. The molecule has 0 aliphatic carbocycles. The van der Waals surface area contributed by atoms with Gasteiger partial charge in [0.1, 0.15) is 5.75 Å². The third-order valence-electron chi connectivity index (χ3n) is 3.31. The number of imidazole rings is 1. The molecule has 0 aliphatic rings. The number of nitrogens with zero attached hydrogens (tertiary/aromatic N) is 3. The van der Waals surface area contributed by atoms with Gasteiger partial charge in [-0.25, -0.2) is 9.98 Å². The van der Waals surface area contributed by atoms with E-state index in [2.05, 4.69) is 25.3 Å². The number of hydrogen-bond donors (Lipinski definition) is 2. The summed E-state index contributed by atoms with van der Waals surface area (Å²) in [5.41, 5.74) is 0.871. The molecule has 0 saturated heterocycles. The van der Waals surface area contributed by atoms with Crippen molar-refractivity contribution in [2.24, 2.45) is 4.99 Å². The number of alkyl halides is 3. The SMILES string of the molecule is CCNC(=NCc1ccc(OCC(F)(F)F)cc1)NCCn1ccnc1.I. The first kappa shape index (κ1) is 23.1. The minimum Gasteiger partial charge on any atom is -0.484 e. The minimum absolute atomic E-state index is 0. The lowest BCUT2D eigenvalue weighted by molar-refractivity contribution is -0.153. The van der Waals surface area contributed by atoms with E-state index in [1.807, 2.05) is 17.7 Å². The van der Waals surface area contributed by atoms with E-state index in [-0.39, 0.29) is 29.7 Å². The maximum atomic E-state index is 12.1. The van der Waals surface area contributed by atoms with Crippen molar-refractivity contribution >= 4 is 29.9 Å². The standard InChI is InChI=1S/C17H22F3N5O.HI/c1-2-22-16(23-8-10-25-9-7-21-13-25)24-11-14-3-5-15(6-4-14)26-12-17(18,19)20;/h3-7,9,13H,2,8,10-12H2,1H3,(H2,22,23,24);1H. The molecule has 0 spiro atoms. The van der Waals surface area contributed by atoms with Crippen LogP contribution in [0.2, 0.25) is 0 Å². The summed E-state index contributed by atoms with van der Waals surface area (Å²) in [6.45, 7) is 3.25. The summed E-state index contributed by atoms with van der Waals surface area (Å²) in [6.07, 6.45) is 1.01. The van der Waals surface area contributed by atoms with Crippen molar-refractivity contribution in [3.8, 4) is 5.75 Å². The number of guanidine groups is 1. The number of hydrogen-bond acceptors (Lipinski definition) is 3. The molecule has 2 aromatic rings. The summed E-state index contributed by atoms with van der Waals surface area (Å²) >= 11 is 0. The Morgan fingerprint density at radius 3 is 2.56 bits per heavy atom. The largest absolute Gasteiger partial charge is 0.484 e. The second kappa shape index (κ2) is 11.7. The fourth-order valence-corrected chi connectivity index (χ4v) is 2.09. The summed E-state index contributed by atoms with van der Waals surface area (Å²) in [4.78, 5) is 8.45. The fourth-order valence-electron chi connectivity index (χ4n) is 2.09. The Morgan fingerprint density at radius 2 is 1.96 bits per heavy atom. The molecule has 1 aromatic heterocycles. The lowest BCUT2D eigenvalue weighted by Gasteiger charge is -2.12. The molecule has 0 atom stereocenters. The van der Waals surface area contributed by atoms with Gasteiger partial charge in [-0.05, 0) is 24.6 Å². The summed E-state index contributed by atoms with van der Waals surface area (Å²) in [7, 11) is 0. The number of benzene rings is 1. The third kappa shape index (κ3) is 9.50. The maximum Gasteiger partial charge on any atom is 0.422 e. The van der Waals surface area contributed by atoms with Crippen molar-refractivity contribution in [1.82, 2.24) is 20.2 Å². The molecule has 0 fully saturated rings. The molecule has 6 nitrogen and oxygen atoms in total. The van der Waals surface area contributed by atoms with Crippen molar-refractivity contribution in [2.45, 2.75) is 26.2 Å². The Hall–Kier alpha value is -1.98. The van der Waals surface area contributed by atoms with Crippen LogP contribution in [0.15, 0.2) is 48.0 Å². The summed E-state index contributed by atoms with van der Waals surface area (Å²) in [5, 5.41) is 6.36. The van der Waals surface area contributed by atoms with Crippen molar-refractivity contribution < 1.29 is 17.9 Å². The second-order valence-electron chi connectivity index (χ2n) is 5.47. The van der Waals surface area contributed by atoms with E-state index in [1.165, 1.54) is 12.1 Å². The summed E-state index contributed by atoms with van der Waals surface area (Å²) in [6, 6.07) is 6.42. The molecule has 0 radical (unpaired) electrons. The van der Waals surface area contributed by atoms with Gasteiger partial charge in [0.2, 0.25) is 0 Å². The van der Waals surface area contributed by atoms with Gasteiger partial charge in [-0.1, -0.05) is 12.1 Å². The lowest BCUT2D eigenvalue weighted by atomic mass is 10.2. The molecule has 0 saturated carbocycles. The van der Waals surface area contributed by atoms with Gasteiger partial charge in [0.15, 0.2) is 12.6 Å². The Morgan fingerprint density at radius 1 is 1.22 bits per heavy atom. The highest BCUT2D eigenvalue weighted by Crippen LogP contribution is 2.19. The Bertz CT molecular complexity index is 675. The summed E-state index contributed by atoms with van der Waals surface area (Å²) < 4.78 is 43.0. The van der Waals surface area contributed by atoms with Crippen LogP contribution in [0.3, 0.4) is 0 Å². The smallest absolute Gasteiger partial charge is 0.422 e. The number of aromatic nitrogens is 2. The molecule has 2 rings (SSSR count). The van der Waals surface area contributed by atoms with E-state index >= 15 is 0 Å². The number of ether oxygens (including phenoxy) is 1. The topological polar surface area (TPSA) is 63.5 Å². The third-order valence-corrected chi connectivity index (χ3v) is 3.31. The average molecular weight is 497 g/mol. The van der Waals surface area contributed by atoms with Crippen LogP contribution in [0, 0.1) is 0 Å². The second-order valence-corrected chi connectivity index (χ2v) is 5.47. The molecular weight excluding hydrogens is 474 g/mol. The van der Waals surface area contributed by atoms with Crippen molar-refractivity contribution in [3.05, 3.63) is 48.5 Å². The molecule has 10 heteroatoms. The van der Waals surface area contributed by atoms with Crippen LogP contribution in [-0.4, -0.2) is 41.4 Å². The molecule has 2 N–H and O–H groups in total. The lowest BCUT2D eigenvalue weighted by Crippen LogP contribution is -2.38. The van der Waals surface area contributed by atoms with Crippen LogP contribution in [-0.2, 0) is 13.1 Å². The number of nitrogens with one attached hydrogen (secondary N) is 2. The van der Waals surface area contributed by atoms with E-state index in [0.717, 1.165) is 18.7 Å². The Labute approximate surface area is 173 Å². The van der Waals surface area contributed by atoms with E-state index in [0.29, 0.717) is 19.0 Å². The average Bonchev–Trinajstić information content (AvgIpc) is 3.11. The molecule has 0 aliphatic heterocycles. The van der Waals surface area contributed by atoms with Crippen LogP contribution >= 0.6 is 24.0 Å². The van der Waals surface area contributed by atoms with Crippen LogP contribution in [0.4, 0.5) is 13.2 Å². The van der Waals surface area contributed by atoms with E-state index in [9.17, 15) is 13.2 Å². The monoisotopic (exact) mass is 497 g/mol. The van der Waals surface area contributed by atoms with Crippen LogP contribution < -0.4 is 15.4 Å². The number of rotatable bonds is 8. The highest BCUT2D eigenvalue weighted by Gasteiger charge is 2.28. The highest BCUT2D eigenvalue weighted by molar-refractivity contribution is 14.0. The zero-order chi connectivity index (χ0) is 18.8. The zero-order valence-corrected chi connectivity index (χ0v) is 17.2. The molecule has 1 aromatic carbocycles. The van der Waals surface area contributed by atoms with Gasteiger partial charge < -0.3 is 19.9 Å². The predicted octanol–water partition coefficient (Wildman–Crippen LogP) is 3.20. The van der Waals surface area contributed by atoms with Gasteiger partial charge in [0.25, 0.3) is 0 Å². The molecule has 0 unspecified atom stereocenters. The van der Waals surface area contributed by atoms with Gasteiger partial charge in [-0.2, -0.15) is 13.2 Å². The number of aliphatic imine (C=N–C) groups is 1. The van der Waals surface area contributed by atoms with Crippen molar-refractivity contribution in [2.75, 3.05) is 19.7 Å². The molecular formula is C17H23F3IN5O. The van der Waals surface area contributed by atoms with Gasteiger partial charge in [-0.3, -0.25) is 0 Å². The van der Waals surface area contributed by atoms with Gasteiger partial charge in [0, 0.05) is 32.0 Å². The first-order chi connectivity index (χ1) is 12.5. The quantitative estimate of drug-likeness (QED) is 0.334. The Balaban J connectivity index is 0.00000364. The first-order valence-electron chi connectivity index (χ1n) is 8.22. The molecule has 0 bridgehead atoms. The van der Waals surface area contributed by atoms with Gasteiger partial charge in [0.05, 0.1) is 12.9 Å². The highest BCUT2D eigenvalue weighted by atomic mass is 127. The van der Waals surface area contributed by atoms with Gasteiger partial charge >= 0.3 is 6.18 Å². The maximum absolute atomic E-state index is 12.1. The van der Waals surface area contributed by atoms with Crippen molar-refractivity contribution in [3.63, 3.8) is 0 Å². The molecule has 27 heavy (non-hydrogen) atoms. The summed E-state index contributed by atoms with van der Waals surface area (Å²) in [5.74, 6) is 0.852. The van der Waals surface area contributed by atoms with E-state index in [4.69, 9.17) is 0 Å². The van der Waals surface area contributed by atoms with Crippen molar-refractivity contribution in [1.29, 1.82) is 0 Å². The molecule has 1 heterocycles. The first-order valence-corrected chi connectivity index (χ1v) is 8.22. The molecule has 150 valence electrons. The van der Waals surface area contributed by atoms with Crippen LogP contribution in [0.1, 0.15) is 12.5 Å². The minimum atomic E-state index is -4.34. The van der Waals surface area contributed by atoms with E-state index < -0.39 is 12.8 Å². The zero-order valence-electron chi connectivity index (χ0n) is 14.9. The normalized spacial score (nSPS) is 11.6. The fraction of sp³-hybridized carbons (Fsp3) is 0.412. The van der Waals surface area contributed by atoms with E-state index in [1.54, 1.807) is 24.7 Å². The van der Waals surface area contributed by atoms with Crippen LogP contribution in [0.25, 0.3) is 0 Å². The molecule has 0 amide bonds.